The molecule has 0 aromatic rings. The number of nitrogens with zero attached hydrogens (tertiary/aromatic N) is 1. The molecule has 6 heteroatoms. The Bertz CT molecular complexity index is 237. The molecular weight excluding hydrogens is 221 g/mol. The van der Waals surface area contributed by atoms with E-state index in [1.165, 1.54) is 6.92 Å². The number of amides is 2. The van der Waals surface area contributed by atoms with Crippen molar-refractivity contribution in [1.29, 1.82) is 0 Å². The summed E-state index contributed by atoms with van der Waals surface area (Å²) in [6.07, 6.45) is -2.26. The second-order valence-corrected chi connectivity index (χ2v) is 4.22. The molecule has 1 aliphatic rings. The minimum atomic E-state index is -4.23. The van der Waals surface area contributed by atoms with Crippen molar-refractivity contribution in [3.8, 4) is 0 Å². The number of hydrogen-bond donors (Lipinski definition) is 1. The molecular formula is C10H17F3N2O. The first-order valence-electron chi connectivity index (χ1n) is 5.50. The summed E-state index contributed by atoms with van der Waals surface area (Å²) in [5.41, 5.74) is 0. The van der Waals surface area contributed by atoms with Crippen molar-refractivity contribution in [2.24, 2.45) is 0 Å². The van der Waals surface area contributed by atoms with Crippen LogP contribution in [0.2, 0.25) is 0 Å². The van der Waals surface area contributed by atoms with Gasteiger partial charge in [-0.05, 0) is 26.2 Å². The maximum Gasteiger partial charge on any atom is 0.391 e. The molecule has 0 bridgehead atoms. The number of halogens is 3. The van der Waals surface area contributed by atoms with Crippen molar-refractivity contribution in [3.63, 3.8) is 0 Å². The average molecular weight is 238 g/mol. The van der Waals surface area contributed by atoms with Gasteiger partial charge in [0, 0.05) is 19.1 Å². The highest BCUT2D eigenvalue weighted by Gasteiger charge is 2.31. The summed E-state index contributed by atoms with van der Waals surface area (Å²) in [5.74, 6) is 0. The summed E-state index contributed by atoms with van der Waals surface area (Å²) in [6.45, 7) is 2.66. The second-order valence-electron chi connectivity index (χ2n) is 4.22. The third kappa shape index (κ3) is 4.72. The van der Waals surface area contributed by atoms with Gasteiger partial charge in [-0.1, -0.05) is 0 Å². The van der Waals surface area contributed by atoms with Crippen LogP contribution in [0.5, 0.6) is 0 Å². The maximum absolute atomic E-state index is 12.0. The van der Waals surface area contributed by atoms with Crippen LogP contribution in [-0.2, 0) is 0 Å². The van der Waals surface area contributed by atoms with Crippen LogP contribution in [0.1, 0.15) is 32.6 Å². The van der Waals surface area contributed by atoms with Crippen molar-refractivity contribution in [2.75, 3.05) is 13.1 Å². The van der Waals surface area contributed by atoms with Crippen LogP contribution >= 0.6 is 0 Å². The molecule has 1 N–H and O–H groups in total. The zero-order chi connectivity index (χ0) is 12.2. The zero-order valence-corrected chi connectivity index (χ0v) is 9.31. The molecule has 1 unspecified atom stereocenters. The predicted molar refractivity (Wildman–Crippen MR) is 54.1 cm³/mol. The van der Waals surface area contributed by atoms with Gasteiger partial charge in [0.25, 0.3) is 0 Å². The molecule has 1 fully saturated rings. The second kappa shape index (κ2) is 5.41. The highest BCUT2D eigenvalue weighted by Crippen LogP contribution is 2.21. The van der Waals surface area contributed by atoms with Crippen LogP contribution in [-0.4, -0.2) is 36.2 Å². The fraction of sp³-hybridized carbons (Fsp3) is 0.900. The van der Waals surface area contributed by atoms with Gasteiger partial charge < -0.3 is 10.2 Å². The van der Waals surface area contributed by atoms with Crippen molar-refractivity contribution in [2.45, 2.75) is 44.8 Å². The number of nitrogens with one attached hydrogen (secondary N) is 1. The predicted octanol–water partition coefficient (Wildman–Crippen LogP) is 2.52. The lowest BCUT2D eigenvalue weighted by Crippen LogP contribution is -2.46. The summed E-state index contributed by atoms with van der Waals surface area (Å²) >= 11 is 0. The zero-order valence-electron chi connectivity index (χ0n) is 9.31. The normalized spacial score (nSPS) is 19.4. The molecule has 0 spiro atoms. The first-order chi connectivity index (χ1) is 7.38. The number of urea groups is 1. The van der Waals surface area contributed by atoms with Crippen LogP contribution < -0.4 is 5.32 Å². The summed E-state index contributed by atoms with van der Waals surface area (Å²) < 4.78 is 36.1. The van der Waals surface area contributed by atoms with Gasteiger partial charge in [0.05, 0.1) is 6.42 Å². The Balaban J connectivity index is 2.32. The van der Waals surface area contributed by atoms with E-state index in [1.807, 2.05) is 0 Å². The van der Waals surface area contributed by atoms with Gasteiger partial charge in [-0.2, -0.15) is 13.2 Å². The number of likely N-dealkylation sites (tertiary alicyclic amines) is 1. The standard InChI is InChI=1S/C10H17F3N2O/c1-8(7-10(11,12)13)14-9(16)15-5-3-2-4-6-15/h8H,2-7H2,1H3,(H,14,16). The Morgan fingerprint density at radius 1 is 1.31 bits per heavy atom. The minimum Gasteiger partial charge on any atom is -0.335 e. The molecule has 0 aromatic carbocycles. The Kier molecular flexibility index (Phi) is 4.44. The number of carbonyl (C=O) groups is 1. The van der Waals surface area contributed by atoms with Crippen molar-refractivity contribution in [3.05, 3.63) is 0 Å². The molecule has 1 atom stereocenters. The number of piperidine rings is 1. The Morgan fingerprint density at radius 2 is 1.88 bits per heavy atom. The van der Waals surface area contributed by atoms with Gasteiger partial charge in [0.2, 0.25) is 0 Å². The summed E-state index contributed by atoms with van der Waals surface area (Å²) in [7, 11) is 0. The third-order valence-corrected chi connectivity index (χ3v) is 2.55. The molecule has 1 heterocycles. The quantitative estimate of drug-likeness (QED) is 0.787. The fourth-order valence-electron chi connectivity index (χ4n) is 1.80. The van der Waals surface area contributed by atoms with Crippen molar-refractivity contribution >= 4 is 6.03 Å². The smallest absolute Gasteiger partial charge is 0.335 e. The molecule has 0 aromatic heterocycles. The largest absolute Gasteiger partial charge is 0.391 e. The van der Waals surface area contributed by atoms with E-state index in [0.29, 0.717) is 13.1 Å². The van der Waals surface area contributed by atoms with Crippen molar-refractivity contribution < 1.29 is 18.0 Å². The monoisotopic (exact) mass is 238 g/mol. The molecule has 3 nitrogen and oxygen atoms in total. The highest BCUT2D eigenvalue weighted by atomic mass is 19.4. The van der Waals surface area contributed by atoms with Crippen LogP contribution in [0, 0.1) is 0 Å². The molecule has 16 heavy (non-hydrogen) atoms. The summed E-state index contributed by atoms with van der Waals surface area (Å²) in [4.78, 5) is 13.1. The summed E-state index contributed by atoms with van der Waals surface area (Å²) in [6, 6.07) is -1.24. The maximum atomic E-state index is 12.0. The van der Waals surface area contributed by atoms with Gasteiger partial charge in [-0.3, -0.25) is 0 Å². The lowest BCUT2D eigenvalue weighted by atomic mass is 10.1. The molecule has 94 valence electrons. The molecule has 0 radical (unpaired) electrons. The Hall–Kier alpha value is -0.940. The molecule has 1 aliphatic heterocycles. The van der Waals surface area contributed by atoms with E-state index in [0.717, 1.165) is 19.3 Å². The van der Waals surface area contributed by atoms with Crippen molar-refractivity contribution in [1.82, 2.24) is 10.2 Å². The number of carbonyl (C=O) groups excluding carboxylic acids is 1. The SMILES string of the molecule is CC(CC(F)(F)F)NC(=O)N1CCCCC1. The van der Waals surface area contributed by atoms with E-state index in [1.54, 1.807) is 4.90 Å². The lowest BCUT2D eigenvalue weighted by molar-refractivity contribution is -0.138. The van der Waals surface area contributed by atoms with Crippen LogP contribution in [0.15, 0.2) is 0 Å². The van der Waals surface area contributed by atoms with Gasteiger partial charge in [-0.25, -0.2) is 4.79 Å². The number of hydrogen-bond acceptors (Lipinski definition) is 1. The molecule has 0 saturated carbocycles. The van der Waals surface area contributed by atoms with E-state index < -0.39 is 18.6 Å². The van der Waals surface area contributed by atoms with Crippen LogP contribution in [0.4, 0.5) is 18.0 Å². The van der Waals surface area contributed by atoms with E-state index in [-0.39, 0.29) is 6.03 Å². The van der Waals surface area contributed by atoms with E-state index in [9.17, 15) is 18.0 Å². The topological polar surface area (TPSA) is 32.3 Å². The first-order valence-corrected chi connectivity index (χ1v) is 5.50. The summed E-state index contributed by atoms with van der Waals surface area (Å²) in [5, 5.41) is 2.37. The Morgan fingerprint density at radius 3 is 2.38 bits per heavy atom. The fourth-order valence-corrected chi connectivity index (χ4v) is 1.80. The average Bonchev–Trinajstić information content (AvgIpc) is 2.16. The molecule has 2 amide bonds. The van der Waals surface area contributed by atoms with E-state index in [4.69, 9.17) is 0 Å². The molecule has 1 saturated heterocycles. The molecule has 1 rings (SSSR count). The number of rotatable bonds is 2. The van der Waals surface area contributed by atoms with Crippen LogP contribution in [0.25, 0.3) is 0 Å². The van der Waals surface area contributed by atoms with Gasteiger partial charge in [0.1, 0.15) is 0 Å². The van der Waals surface area contributed by atoms with Crippen LogP contribution in [0.3, 0.4) is 0 Å². The third-order valence-electron chi connectivity index (χ3n) is 2.55. The van der Waals surface area contributed by atoms with Gasteiger partial charge in [0.15, 0.2) is 0 Å². The van der Waals surface area contributed by atoms with Gasteiger partial charge in [-0.15, -0.1) is 0 Å². The van der Waals surface area contributed by atoms with E-state index in [2.05, 4.69) is 5.32 Å². The minimum absolute atomic E-state index is 0.378. The lowest BCUT2D eigenvalue weighted by Gasteiger charge is -2.28. The van der Waals surface area contributed by atoms with Gasteiger partial charge >= 0.3 is 12.2 Å². The number of alkyl halides is 3. The molecule has 0 aliphatic carbocycles. The highest BCUT2D eigenvalue weighted by molar-refractivity contribution is 5.74. The van der Waals surface area contributed by atoms with E-state index >= 15 is 0 Å². The first kappa shape index (κ1) is 13.1. The Labute approximate surface area is 93.0 Å².